The van der Waals surface area contributed by atoms with Crippen LogP contribution >= 0.6 is 22.9 Å². The van der Waals surface area contributed by atoms with Crippen molar-refractivity contribution < 1.29 is 13.5 Å². The Morgan fingerprint density at radius 1 is 1.18 bits per heavy atom. The lowest BCUT2D eigenvalue weighted by Gasteiger charge is -2.35. The number of hydrogen-bond donors (Lipinski definition) is 2. The fraction of sp³-hybridized carbons (Fsp3) is 0.464. The third-order valence-corrected chi connectivity index (χ3v) is 9.97. The molecular weight excluding hydrogens is 556 g/mol. The number of nitrogens with zero attached hydrogens (tertiary/aromatic N) is 5. The smallest absolute Gasteiger partial charge is 0.319 e. The highest BCUT2D eigenvalue weighted by Gasteiger charge is 2.37. The fourth-order valence-corrected chi connectivity index (χ4v) is 7.49. The second kappa shape index (κ2) is 9.61. The Labute approximate surface area is 239 Å². The number of aromatic nitrogens is 3. The van der Waals surface area contributed by atoms with E-state index in [1.807, 2.05) is 0 Å². The highest BCUT2D eigenvalue weighted by molar-refractivity contribution is 7.22. The number of likely N-dealkylation sites (tertiary alicyclic amines) is 1. The number of likely N-dealkylation sites (N-methyl/N-ethyl adjacent to an activating group) is 1. The van der Waals surface area contributed by atoms with Gasteiger partial charge in [-0.1, -0.05) is 22.9 Å². The Kier molecular flexibility index (Phi) is 6.26. The van der Waals surface area contributed by atoms with Crippen LogP contribution in [0.2, 0.25) is 5.02 Å². The van der Waals surface area contributed by atoms with Crippen molar-refractivity contribution in [3.8, 4) is 17.1 Å². The van der Waals surface area contributed by atoms with Gasteiger partial charge in [0, 0.05) is 41.7 Å². The lowest BCUT2D eigenvalue weighted by molar-refractivity contribution is 0.108. The standard InChI is InChI=1S/C28H30ClF2N7OS/c1-28(8-3-9-37(28)2)13-39-27-35-22-17(25(36-27)38-11-14-4-5-15(12-38)33-14)10-18(29)20(21(22)31)16-6-7-19(30)24-23(16)34-26(32)40-24/h6-7,10,14-15,33H,3-5,8-9,11-13H2,1-2H3,(H2,32,34). The molecule has 2 aromatic heterocycles. The zero-order valence-corrected chi connectivity index (χ0v) is 23.9. The van der Waals surface area contributed by atoms with Gasteiger partial charge in [0.05, 0.1) is 20.8 Å². The Morgan fingerprint density at radius 3 is 2.67 bits per heavy atom. The predicted molar refractivity (Wildman–Crippen MR) is 155 cm³/mol. The summed E-state index contributed by atoms with van der Waals surface area (Å²) < 4.78 is 37.6. The Bertz CT molecular complexity index is 1640. The first kappa shape index (κ1) is 26.1. The molecule has 40 heavy (non-hydrogen) atoms. The molecule has 2 bridgehead atoms. The molecule has 5 heterocycles. The second-order valence-corrected chi connectivity index (χ2v) is 12.9. The minimum atomic E-state index is -0.627. The third-order valence-electron chi connectivity index (χ3n) is 8.78. The minimum Gasteiger partial charge on any atom is -0.461 e. The molecule has 0 aliphatic carbocycles. The molecule has 3 N–H and O–H groups in total. The van der Waals surface area contributed by atoms with Crippen LogP contribution in [0.25, 0.3) is 32.2 Å². The molecule has 2 aromatic carbocycles. The number of hydrogen-bond acceptors (Lipinski definition) is 9. The summed E-state index contributed by atoms with van der Waals surface area (Å²) in [7, 11) is 2.09. The molecule has 3 fully saturated rings. The van der Waals surface area contributed by atoms with Crippen LogP contribution in [0.4, 0.5) is 19.7 Å². The number of nitrogen functional groups attached to an aromatic ring is 1. The number of piperazine rings is 1. The molecule has 3 unspecified atom stereocenters. The van der Waals surface area contributed by atoms with E-state index < -0.39 is 11.6 Å². The van der Waals surface area contributed by atoms with Gasteiger partial charge in [-0.2, -0.15) is 9.97 Å². The Morgan fingerprint density at radius 2 is 1.95 bits per heavy atom. The average Bonchev–Trinajstić information content (AvgIpc) is 3.60. The van der Waals surface area contributed by atoms with Crippen molar-refractivity contribution in [2.24, 2.45) is 0 Å². The van der Waals surface area contributed by atoms with Gasteiger partial charge in [-0.15, -0.1) is 0 Å². The van der Waals surface area contributed by atoms with Crippen molar-refractivity contribution in [1.29, 1.82) is 0 Å². The molecular formula is C28H30ClF2N7OS. The first-order chi connectivity index (χ1) is 19.2. The topological polar surface area (TPSA) is 92.4 Å². The van der Waals surface area contributed by atoms with Gasteiger partial charge in [0.15, 0.2) is 10.9 Å². The summed E-state index contributed by atoms with van der Waals surface area (Å²) in [6, 6.07) is 5.30. The Balaban J connectivity index is 1.39. The monoisotopic (exact) mass is 585 g/mol. The summed E-state index contributed by atoms with van der Waals surface area (Å²) in [5, 5.41) is 4.51. The van der Waals surface area contributed by atoms with Gasteiger partial charge in [0.2, 0.25) is 0 Å². The lowest BCUT2D eigenvalue weighted by Crippen LogP contribution is -2.51. The summed E-state index contributed by atoms with van der Waals surface area (Å²) in [5.41, 5.74) is 6.57. The number of fused-ring (bicyclic) bond motifs is 4. The van der Waals surface area contributed by atoms with Gasteiger partial charge in [0.1, 0.15) is 23.8 Å². The van der Waals surface area contributed by atoms with Crippen molar-refractivity contribution in [1.82, 2.24) is 25.2 Å². The van der Waals surface area contributed by atoms with Crippen LogP contribution in [0.5, 0.6) is 6.01 Å². The first-order valence-electron chi connectivity index (χ1n) is 13.6. The molecule has 0 amide bonds. The quantitative estimate of drug-likeness (QED) is 0.329. The molecule has 210 valence electrons. The lowest BCUT2D eigenvalue weighted by atomic mass is 10.0. The summed E-state index contributed by atoms with van der Waals surface area (Å²) >= 11 is 7.79. The molecule has 3 aliphatic heterocycles. The number of benzene rings is 2. The van der Waals surface area contributed by atoms with Crippen molar-refractivity contribution in [3.63, 3.8) is 0 Å². The van der Waals surface area contributed by atoms with E-state index in [1.165, 1.54) is 12.1 Å². The van der Waals surface area contributed by atoms with E-state index in [4.69, 9.17) is 27.1 Å². The summed E-state index contributed by atoms with van der Waals surface area (Å²) in [6.07, 6.45) is 4.27. The highest BCUT2D eigenvalue weighted by atomic mass is 35.5. The summed E-state index contributed by atoms with van der Waals surface area (Å²) in [5.74, 6) is -0.486. The van der Waals surface area contributed by atoms with Crippen molar-refractivity contribution in [2.75, 3.05) is 43.9 Å². The third kappa shape index (κ3) is 4.25. The molecule has 3 aliphatic rings. The molecule has 7 rings (SSSR count). The zero-order chi connectivity index (χ0) is 27.8. The van der Waals surface area contributed by atoms with Crippen molar-refractivity contribution in [2.45, 2.75) is 50.2 Å². The molecule has 0 spiro atoms. The second-order valence-electron chi connectivity index (χ2n) is 11.5. The van der Waals surface area contributed by atoms with E-state index in [2.05, 4.69) is 39.1 Å². The molecule has 4 aromatic rings. The summed E-state index contributed by atoms with van der Waals surface area (Å²) in [4.78, 5) is 18.2. The van der Waals surface area contributed by atoms with Gasteiger partial charge in [-0.25, -0.2) is 13.8 Å². The van der Waals surface area contributed by atoms with E-state index in [9.17, 15) is 4.39 Å². The van der Waals surface area contributed by atoms with E-state index in [-0.39, 0.29) is 43.0 Å². The minimum absolute atomic E-state index is 0.0999. The van der Waals surface area contributed by atoms with Crippen LogP contribution < -0.4 is 20.7 Å². The van der Waals surface area contributed by atoms with Crippen LogP contribution in [-0.4, -0.2) is 70.8 Å². The van der Waals surface area contributed by atoms with Crippen molar-refractivity contribution in [3.05, 3.63) is 34.9 Å². The van der Waals surface area contributed by atoms with E-state index >= 15 is 4.39 Å². The van der Waals surface area contributed by atoms with Crippen LogP contribution in [0.15, 0.2) is 18.2 Å². The number of rotatable bonds is 5. The zero-order valence-electron chi connectivity index (χ0n) is 22.3. The van der Waals surface area contributed by atoms with Crippen LogP contribution in [0.1, 0.15) is 32.6 Å². The van der Waals surface area contributed by atoms with Crippen LogP contribution in [-0.2, 0) is 0 Å². The fourth-order valence-electron chi connectivity index (χ4n) is 6.44. The predicted octanol–water partition coefficient (Wildman–Crippen LogP) is 5.22. The summed E-state index contributed by atoms with van der Waals surface area (Å²) in [6.45, 7) is 5.05. The van der Waals surface area contributed by atoms with Gasteiger partial charge >= 0.3 is 6.01 Å². The van der Waals surface area contributed by atoms with Gasteiger partial charge in [-0.05, 0) is 64.4 Å². The van der Waals surface area contributed by atoms with E-state index in [0.29, 0.717) is 35.5 Å². The maximum Gasteiger partial charge on any atom is 0.319 e. The van der Waals surface area contributed by atoms with Crippen molar-refractivity contribution >= 4 is 55.0 Å². The average molecular weight is 586 g/mol. The Hall–Kier alpha value is -2.86. The molecule has 3 atom stereocenters. The molecule has 8 nitrogen and oxygen atoms in total. The first-order valence-corrected chi connectivity index (χ1v) is 14.8. The van der Waals surface area contributed by atoms with Gasteiger partial charge < -0.3 is 20.7 Å². The van der Waals surface area contributed by atoms with Gasteiger partial charge in [-0.3, -0.25) is 4.90 Å². The largest absolute Gasteiger partial charge is 0.461 e. The number of nitrogens with one attached hydrogen (secondary N) is 1. The number of thiazole rings is 1. The maximum atomic E-state index is 16.6. The molecule has 0 saturated carbocycles. The number of anilines is 2. The van der Waals surface area contributed by atoms with Crippen LogP contribution in [0, 0.1) is 11.6 Å². The maximum absolute atomic E-state index is 16.6. The number of halogens is 3. The van der Waals surface area contributed by atoms with Gasteiger partial charge in [0.25, 0.3) is 0 Å². The highest BCUT2D eigenvalue weighted by Crippen LogP contribution is 2.43. The van der Waals surface area contributed by atoms with E-state index in [0.717, 1.165) is 56.7 Å². The molecule has 3 saturated heterocycles. The SMILES string of the molecule is CN1CCCC1(C)COc1nc(N2CC3CCC(C2)N3)c2cc(Cl)c(-c3ccc(F)c4sc(N)nc34)c(F)c2n1. The normalized spacial score (nSPS) is 25.0. The number of ether oxygens (including phenoxy) is 1. The number of nitrogens with two attached hydrogens (primary N) is 1. The molecule has 0 radical (unpaired) electrons. The van der Waals surface area contributed by atoms with Crippen LogP contribution in [0.3, 0.4) is 0 Å². The molecule has 12 heteroatoms. The van der Waals surface area contributed by atoms with E-state index in [1.54, 1.807) is 6.07 Å².